The molecule has 17 heavy (non-hydrogen) atoms. The fourth-order valence-corrected chi connectivity index (χ4v) is 2.39. The Bertz CT molecular complexity index is 393. The number of hydrogen-bond donors (Lipinski definition) is 0. The minimum atomic E-state index is -0.0190. The fourth-order valence-electron chi connectivity index (χ4n) is 1.70. The molecule has 0 N–H and O–H groups in total. The number of benzene rings is 2. The van der Waals surface area contributed by atoms with Crippen LogP contribution in [0.2, 0.25) is 0 Å². The molecule has 2 aromatic rings. The molecule has 86 valence electrons. The molecular formula is C14H13ClOSi. The summed E-state index contributed by atoms with van der Waals surface area (Å²) in [5, 5.41) is 0. The average Bonchev–Trinajstić information content (AvgIpc) is 2.42. The van der Waals surface area contributed by atoms with Gasteiger partial charge >= 0.3 is 0 Å². The Balaban J connectivity index is 2.26. The normalized spacial score (nSPS) is 10.7. The monoisotopic (exact) mass is 260 g/mol. The maximum Gasteiger partial charge on any atom is 0.247 e. The number of alkyl halides is 1. The molecule has 0 aliphatic heterocycles. The van der Waals surface area contributed by atoms with E-state index < -0.39 is 0 Å². The van der Waals surface area contributed by atoms with Gasteiger partial charge in [-0.3, -0.25) is 0 Å². The van der Waals surface area contributed by atoms with Crippen molar-refractivity contribution in [3.8, 4) is 0 Å². The van der Waals surface area contributed by atoms with Crippen LogP contribution in [0, 0.1) is 0 Å². The maximum atomic E-state index is 5.86. The molecular weight excluding hydrogens is 248 g/mol. The molecule has 2 aromatic carbocycles. The van der Waals surface area contributed by atoms with Crippen LogP contribution >= 0.6 is 11.6 Å². The lowest BCUT2D eigenvalue weighted by Gasteiger charge is -2.18. The highest BCUT2D eigenvalue weighted by molar-refractivity contribution is 6.45. The quantitative estimate of drug-likeness (QED) is 0.590. The van der Waals surface area contributed by atoms with Crippen molar-refractivity contribution in [3.05, 3.63) is 71.8 Å². The molecule has 0 aliphatic carbocycles. The van der Waals surface area contributed by atoms with Gasteiger partial charge in [0.1, 0.15) is 0 Å². The third-order valence-corrected chi connectivity index (χ3v) is 3.30. The molecule has 0 saturated carbocycles. The van der Waals surface area contributed by atoms with Crippen molar-refractivity contribution < 1.29 is 4.43 Å². The molecule has 0 aliphatic rings. The Morgan fingerprint density at radius 3 is 1.76 bits per heavy atom. The Labute approximate surface area is 109 Å². The van der Waals surface area contributed by atoms with Crippen LogP contribution in [0.5, 0.6) is 0 Å². The van der Waals surface area contributed by atoms with Crippen LogP contribution in [0.3, 0.4) is 0 Å². The first kappa shape index (κ1) is 12.4. The van der Waals surface area contributed by atoms with Gasteiger partial charge in [-0.1, -0.05) is 60.7 Å². The van der Waals surface area contributed by atoms with Crippen LogP contribution in [-0.4, -0.2) is 15.3 Å². The summed E-state index contributed by atoms with van der Waals surface area (Å²) in [5.41, 5.74) is 2.86. The van der Waals surface area contributed by atoms with Crippen molar-refractivity contribution >= 4 is 21.4 Å². The van der Waals surface area contributed by atoms with Crippen LogP contribution in [0.4, 0.5) is 0 Å². The van der Waals surface area contributed by atoms with Gasteiger partial charge in [-0.05, 0) is 11.1 Å². The SMILES string of the molecule is ClC[Si]OC(c1ccccc1)c1ccccc1. The molecule has 2 radical (unpaired) electrons. The molecule has 0 bridgehead atoms. The summed E-state index contributed by atoms with van der Waals surface area (Å²) < 4.78 is 5.86. The largest absolute Gasteiger partial charge is 0.405 e. The summed E-state index contributed by atoms with van der Waals surface area (Å²) in [6.45, 7) is 0. The van der Waals surface area contributed by atoms with Crippen molar-refractivity contribution in [1.82, 2.24) is 0 Å². The highest BCUT2D eigenvalue weighted by Crippen LogP contribution is 2.25. The van der Waals surface area contributed by atoms with Gasteiger partial charge < -0.3 is 4.43 Å². The molecule has 1 nitrogen and oxygen atoms in total. The third kappa shape index (κ3) is 3.43. The predicted octanol–water partition coefficient (Wildman–Crippen LogP) is 3.61. The molecule has 0 aromatic heterocycles. The van der Waals surface area contributed by atoms with Crippen molar-refractivity contribution in [2.45, 2.75) is 6.10 Å². The van der Waals surface area contributed by atoms with Gasteiger partial charge in [-0.25, -0.2) is 0 Å². The van der Waals surface area contributed by atoms with Gasteiger partial charge in [0.2, 0.25) is 9.76 Å². The van der Waals surface area contributed by atoms with E-state index in [0.717, 1.165) is 11.1 Å². The second kappa shape index (κ2) is 6.60. The average molecular weight is 261 g/mol. The van der Waals surface area contributed by atoms with Gasteiger partial charge in [-0.15, -0.1) is 11.6 Å². The Kier molecular flexibility index (Phi) is 4.80. The molecule has 2 rings (SSSR count). The Hall–Kier alpha value is -1.09. The van der Waals surface area contributed by atoms with Gasteiger partial charge in [0.05, 0.1) is 6.10 Å². The van der Waals surface area contributed by atoms with E-state index >= 15 is 0 Å². The number of halogens is 1. The lowest BCUT2D eigenvalue weighted by Crippen LogP contribution is -2.10. The van der Waals surface area contributed by atoms with E-state index in [2.05, 4.69) is 24.3 Å². The zero-order valence-electron chi connectivity index (χ0n) is 9.34. The second-order valence-electron chi connectivity index (χ2n) is 3.60. The predicted molar refractivity (Wildman–Crippen MR) is 72.3 cm³/mol. The molecule has 0 saturated heterocycles. The van der Waals surface area contributed by atoms with Crippen molar-refractivity contribution in [3.63, 3.8) is 0 Å². The van der Waals surface area contributed by atoms with Gasteiger partial charge in [0.25, 0.3) is 0 Å². The smallest absolute Gasteiger partial charge is 0.247 e. The first-order chi connectivity index (χ1) is 8.42. The summed E-state index contributed by atoms with van der Waals surface area (Å²) in [4.78, 5) is 0. The van der Waals surface area contributed by atoms with Crippen LogP contribution in [0.1, 0.15) is 17.2 Å². The van der Waals surface area contributed by atoms with E-state index in [9.17, 15) is 0 Å². The first-order valence-corrected chi connectivity index (χ1v) is 7.11. The number of hydrogen-bond acceptors (Lipinski definition) is 1. The molecule has 3 heteroatoms. The highest BCUT2D eigenvalue weighted by atomic mass is 35.5. The zero-order valence-corrected chi connectivity index (χ0v) is 11.1. The van der Waals surface area contributed by atoms with Crippen LogP contribution in [0.25, 0.3) is 0 Å². The van der Waals surface area contributed by atoms with E-state index in [1.54, 1.807) is 0 Å². The van der Waals surface area contributed by atoms with Crippen molar-refractivity contribution in [2.75, 3.05) is 5.50 Å². The summed E-state index contributed by atoms with van der Waals surface area (Å²) >= 11 is 5.71. The topological polar surface area (TPSA) is 9.23 Å². The zero-order chi connectivity index (χ0) is 11.9. The summed E-state index contributed by atoms with van der Waals surface area (Å²) in [6, 6.07) is 20.4. The van der Waals surface area contributed by atoms with Gasteiger partial charge in [0.15, 0.2) is 0 Å². The van der Waals surface area contributed by atoms with Crippen LogP contribution in [0.15, 0.2) is 60.7 Å². The molecule has 0 amide bonds. The molecule has 0 spiro atoms. The fraction of sp³-hybridized carbons (Fsp3) is 0.143. The first-order valence-electron chi connectivity index (χ1n) is 5.46. The number of rotatable bonds is 5. The van der Waals surface area contributed by atoms with E-state index in [4.69, 9.17) is 16.0 Å². The van der Waals surface area contributed by atoms with E-state index in [1.165, 1.54) is 0 Å². The standard InChI is InChI=1S/C14H13ClOSi/c15-11-17-16-14(12-7-3-1-4-8-12)13-9-5-2-6-10-13/h1-10,14H,11H2. The Morgan fingerprint density at radius 1 is 0.882 bits per heavy atom. The Morgan fingerprint density at radius 2 is 1.35 bits per heavy atom. The van der Waals surface area contributed by atoms with Crippen molar-refractivity contribution in [1.29, 1.82) is 0 Å². The molecule has 0 atom stereocenters. The third-order valence-electron chi connectivity index (χ3n) is 2.46. The second-order valence-corrected chi connectivity index (χ2v) is 5.19. The van der Waals surface area contributed by atoms with Crippen molar-refractivity contribution in [2.24, 2.45) is 0 Å². The van der Waals surface area contributed by atoms with E-state index in [-0.39, 0.29) is 6.10 Å². The highest BCUT2D eigenvalue weighted by Gasteiger charge is 2.13. The molecule has 0 fully saturated rings. The molecule has 0 unspecified atom stereocenters. The lowest BCUT2D eigenvalue weighted by atomic mass is 10.0. The van der Waals surface area contributed by atoms with Crippen LogP contribution < -0.4 is 0 Å². The van der Waals surface area contributed by atoms with E-state index in [1.807, 2.05) is 36.4 Å². The van der Waals surface area contributed by atoms with Gasteiger partial charge in [0, 0.05) is 5.50 Å². The van der Waals surface area contributed by atoms with E-state index in [0.29, 0.717) is 15.3 Å². The maximum absolute atomic E-state index is 5.86. The van der Waals surface area contributed by atoms with Crippen LogP contribution in [-0.2, 0) is 4.43 Å². The lowest BCUT2D eigenvalue weighted by molar-refractivity contribution is 0.263. The summed E-state index contributed by atoms with van der Waals surface area (Å²) in [5.74, 6) is 0. The molecule has 0 heterocycles. The summed E-state index contributed by atoms with van der Waals surface area (Å²) in [6.07, 6.45) is -0.0190. The summed E-state index contributed by atoms with van der Waals surface area (Å²) in [7, 11) is 0.312. The minimum absolute atomic E-state index is 0.0190. The minimum Gasteiger partial charge on any atom is -0.405 e. The van der Waals surface area contributed by atoms with Gasteiger partial charge in [-0.2, -0.15) is 0 Å².